The highest BCUT2D eigenvalue weighted by atomic mass is 16.3. The Bertz CT molecular complexity index is 995. The molecule has 0 saturated heterocycles. The van der Waals surface area contributed by atoms with E-state index in [1.165, 1.54) is 5.56 Å². The van der Waals surface area contributed by atoms with Crippen LogP contribution < -0.4 is 16.0 Å². The molecule has 1 aromatic heterocycles. The van der Waals surface area contributed by atoms with E-state index in [1.54, 1.807) is 0 Å². The number of nitrogens with one attached hydrogen (secondary N) is 3. The van der Waals surface area contributed by atoms with E-state index >= 15 is 0 Å². The minimum Gasteiger partial charge on any atom is -0.501 e. The molecule has 156 valence electrons. The van der Waals surface area contributed by atoms with Crippen molar-refractivity contribution in [3.8, 4) is 0 Å². The monoisotopic (exact) mass is 407 g/mol. The molecule has 0 radical (unpaired) electrons. The zero-order valence-electron chi connectivity index (χ0n) is 16.6. The van der Waals surface area contributed by atoms with Gasteiger partial charge in [0.1, 0.15) is 5.82 Å². The maximum absolute atomic E-state index is 12.6. The second kappa shape index (κ2) is 8.44. The molecule has 1 aliphatic heterocycles. The highest BCUT2D eigenvalue weighted by Gasteiger charge is 2.30. The van der Waals surface area contributed by atoms with Crippen LogP contribution >= 0.6 is 0 Å². The Labute approximate surface area is 174 Å². The first-order valence-corrected chi connectivity index (χ1v) is 10.1. The van der Waals surface area contributed by atoms with Crippen LogP contribution in [-0.2, 0) is 16.1 Å². The third-order valence-corrected chi connectivity index (χ3v) is 5.54. The number of carbonyl (C=O) groups excluding carboxylic acids is 2. The Balaban J connectivity index is 1.39. The summed E-state index contributed by atoms with van der Waals surface area (Å²) in [7, 11) is 0. The van der Waals surface area contributed by atoms with E-state index in [0.29, 0.717) is 5.92 Å². The van der Waals surface area contributed by atoms with Gasteiger partial charge in [-0.05, 0) is 36.3 Å². The van der Waals surface area contributed by atoms with Crippen LogP contribution in [0.15, 0.2) is 66.6 Å². The Hall–Kier alpha value is -3.55. The summed E-state index contributed by atoms with van der Waals surface area (Å²) in [4.78, 5) is 24.3. The van der Waals surface area contributed by atoms with Crippen molar-refractivity contribution >= 4 is 11.8 Å². The first-order valence-electron chi connectivity index (χ1n) is 10.1. The van der Waals surface area contributed by atoms with Gasteiger partial charge in [0.25, 0.3) is 11.8 Å². The van der Waals surface area contributed by atoms with Crippen molar-refractivity contribution in [2.45, 2.75) is 44.2 Å². The van der Waals surface area contributed by atoms with Crippen molar-refractivity contribution in [2.75, 3.05) is 0 Å². The number of hydrogen-bond acceptors (Lipinski definition) is 5. The Kier molecular flexibility index (Phi) is 5.56. The van der Waals surface area contributed by atoms with Crippen LogP contribution in [0.2, 0.25) is 0 Å². The molecule has 2 heterocycles. The highest BCUT2D eigenvalue weighted by Crippen LogP contribution is 2.33. The lowest BCUT2D eigenvalue weighted by molar-refractivity contribution is -0.123. The molecule has 1 fully saturated rings. The van der Waals surface area contributed by atoms with Crippen molar-refractivity contribution in [3.05, 3.63) is 77.7 Å². The minimum absolute atomic E-state index is 0.0472. The molecule has 0 bridgehead atoms. The first-order chi connectivity index (χ1) is 14.5. The number of carbonyl (C=O) groups is 2. The molecule has 1 aromatic carbocycles. The topological polar surface area (TPSA) is 108 Å². The number of aromatic nitrogens is 2. The number of amides is 2. The normalized spacial score (nSPS) is 21.7. The van der Waals surface area contributed by atoms with Gasteiger partial charge in [-0.1, -0.05) is 43.3 Å². The molecule has 30 heavy (non-hydrogen) atoms. The molecular weight excluding hydrogens is 382 g/mol. The minimum atomic E-state index is -0.740. The Morgan fingerprint density at radius 1 is 1.27 bits per heavy atom. The van der Waals surface area contributed by atoms with Crippen LogP contribution in [0.4, 0.5) is 0 Å². The molecule has 1 aliphatic carbocycles. The summed E-state index contributed by atoms with van der Waals surface area (Å²) >= 11 is 0. The zero-order chi connectivity index (χ0) is 21.1. The Morgan fingerprint density at radius 2 is 2.07 bits per heavy atom. The predicted octanol–water partition coefficient (Wildman–Crippen LogP) is 2.03. The van der Waals surface area contributed by atoms with Crippen molar-refractivity contribution in [3.63, 3.8) is 0 Å². The smallest absolute Gasteiger partial charge is 0.294 e. The van der Waals surface area contributed by atoms with E-state index in [2.05, 4.69) is 46.0 Å². The van der Waals surface area contributed by atoms with Gasteiger partial charge in [0.05, 0.1) is 12.7 Å². The van der Waals surface area contributed by atoms with Gasteiger partial charge in [0, 0.05) is 12.2 Å². The van der Waals surface area contributed by atoms with E-state index < -0.39 is 17.6 Å². The van der Waals surface area contributed by atoms with Crippen LogP contribution in [0.5, 0.6) is 0 Å². The van der Waals surface area contributed by atoms with E-state index in [-0.39, 0.29) is 17.6 Å². The quantitative estimate of drug-likeness (QED) is 0.607. The van der Waals surface area contributed by atoms with E-state index in [4.69, 9.17) is 0 Å². The molecular formula is C22H25N5O3. The fourth-order valence-electron chi connectivity index (χ4n) is 4.04. The molecule has 1 saturated carbocycles. The predicted molar refractivity (Wildman–Crippen MR) is 111 cm³/mol. The summed E-state index contributed by atoms with van der Waals surface area (Å²) in [6.45, 7) is 4.31. The zero-order valence-corrected chi connectivity index (χ0v) is 16.6. The third kappa shape index (κ3) is 4.37. The number of benzene rings is 1. The van der Waals surface area contributed by atoms with E-state index in [9.17, 15) is 14.7 Å². The summed E-state index contributed by atoms with van der Waals surface area (Å²) in [6, 6.07) is 10.1. The largest absolute Gasteiger partial charge is 0.501 e. The number of aliphatic hydroxyl groups is 1. The van der Waals surface area contributed by atoms with Gasteiger partial charge in [-0.25, -0.2) is 0 Å². The molecule has 4 rings (SSSR count). The summed E-state index contributed by atoms with van der Waals surface area (Å²) in [5.41, 5.74) is 2.19. The number of hydrogen-bond donors (Lipinski definition) is 4. The lowest BCUT2D eigenvalue weighted by atomic mass is 9.82. The summed E-state index contributed by atoms with van der Waals surface area (Å²) in [5, 5.41) is 22.3. The van der Waals surface area contributed by atoms with Gasteiger partial charge in [0.15, 0.2) is 5.70 Å². The Morgan fingerprint density at radius 3 is 2.87 bits per heavy atom. The SMILES string of the molecule is C=C1NC(=O)C(O)=C(C(=O)NC2CCCC(c3cnn(Cc4ccccc4)c3)C2)N1. The van der Waals surface area contributed by atoms with Crippen molar-refractivity contribution < 1.29 is 14.7 Å². The lowest BCUT2D eigenvalue weighted by Crippen LogP contribution is -2.46. The molecule has 0 spiro atoms. The van der Waals surface area contributed by atoms with Gasteiger partial charge in [-0.3, -0.25) is 14.3 Å². The van der Waals surface area contributed by atoms with Gasteiger partial charge >= 0.3 is 0 Å². The lowest BCUT2D eigenvalue weighted by Gasteiger charge is -2.30. The number of rotatable bonds is 5. The average molecular weight is 407 g/mol. The molecule has 4 N–H and O–H groups in total. The molecule has 2 aliphatic rings. The highest BCUT2D eigenvalue weighted by molar-refractivity contribution is 6.04. The van der Waals surface area contributed by atoms with Gasteiger partial charge in [-0.15, -0.1) is 0 Å². The van der Waals surface area contributed by atoms with Crippen LogP contribution in [0.3, 0.4) is 0 Å². The van der Waals surface area contributed by atoms with Gasteiger partial charge < -0.3 is 21.1 Å². The number of nitrogens with zero attached hydrogens (tertiary/aromatic N) is 2. The second-order valence-corrected chi connectivity index (χ2v) is 7.77. The molecule has 2 amide bonds. The van der Waals surface area contributed by atoms with Crippen LogP contribution in [0.25, 0.3) is 0 Å². The fourth-order valence-corrected chi connectivity index (χ4v) is 4.04. The maximum atomic E-state index is 12.6. The standard InChI is InChI=1S/C22H25N5O3/c1-14-24-19(20(28)22(30)25-14)21(29)26-18-9-5-8-16(10-18)17-11-23-27(13-17)12-15-6-3-2-4-7-15/h2-4,6-7,11,13,16,18,24,28H,1,5,8-10,12H2,(H,25,30)(H,26,29). The van der Waals surface area contributed by atoms with Crippen LogP contribution in [0, 0.1) is 0 Å². The summed E-state index contributed by atoms with van der Waals surface area (Å²) in [6.07, 6.45) is 7.63. The molecule has 2 unspecified atom stereocenters. The van der Waals surface area contributed by atoms with Gasteiger partial charge in [0.2, 0.25) is 5.76 Å². The molecule has 8 heteroatoms. The van der Waals surface area contributed by atoms with Crippen LogP contribution in [-0.4, -0.2) is 32.7 Å². The third-order valence-electron chi connectivity index (χ3n) is 5.54. The fraction of sp³-hybridized carbons (Fsp3) is 0.318. The van der Waals surface area contributed by atoms with Crippen LogP contribution in [0.1, 0.15) is 42.7 Å². The maximum Gasteiger partial charge on any atom is 0.294 e. The van der Waals surface area contributed by atoms with Crippen molar-refractivity contribution in [2.24, 2.45) is 0 Å². The van der Waals surface area contributed by atoms with E-state index in [0.717, 1.165) is 37.8 Å². The second-order valence-electron chi connectivity index (χ2n) is 7.77. The van der Waals surface area contributed by atoms with Crippen molar-refractivity contribution in [1.29, 1.82) is 0 Å². The molecule has 8 nitrogen and oxygen atoms in total. The van der Waals surface area contributed by atoms with Crippen molar-refractivity contribution in [1.82, 2.24) is 25.7 Å². The van der Waals surface area contributed by atoms with Gasteiger partial charge in [-0.2, -0.15) is 5.10 Å². The number of aliphatic hydroxyl groups excluding tert-OH is 1. The summed E-state index contributed by atoms with van der Waals surface area (Å²) < 4.78 is 1.94. The average Bonchev–Trinajstić information content (AvgIpc) is 3.20. The molecule has 2 aromatic rings. The first kappa shape index (κ1) is 19.8. The molecule has 2 atom stereocenters. The summed E-state index contributed by atoms with van der Waals surface area (Å²) in [5.74, 6) is -1.41. The van der Waals surface area contributed by atoms with E-state index in [1.807, 2.05) is 29.1 Å².